The maximum atomic E-state index is 11.9. The van der Waals surface area contributed by atoms with Gasteiger partial charge in [-0.05, 0) is 31.4 Å². The minimum Gasteiger partial charge on any atom is -0.378 e. The second-order valence-corrected chi connectivity index (χ2v) is 5.90. The molecule has 1 aliphatic rings. The van der Waals surface area contributed by atoms with Crippen molar-refractivity contribution >= 4 is 10.0 Å². The summed E-state index contributed by atoms with van der Waals surface area (Å²) in [6.07, 6.45) is 3.07. The topological polar surface area (TPSA) is 55.4 Å². The lowest BCUT2D eigenvalue weighted by atomic mass is 10.2. The largest absolute Gasteiger partial charge is 0.378 e. The molecular formula is C12H17NO3S. The Balaban J connectivity index is 1.85. The molecule has 1 aliphatic heterocycles. The standard InChI is InChI=1S/C12H17NO3S/c14-17(15,12-6-2-1-3-7-12)13-9-8-11-5-4-10-16-11/h1-3,6-7,11,13H,4-5,8-10H2/t11-/m1/s1. The van der Waals surface area contributed by atoms with Gasteiger partial charge in [0.15, 0.2) is 0 Å². The van der Waals surface area contributed by atoms with Crippen LogP contribution in [0.1, 0.15) is 19.3 Å². The quantitative estimate of drug-likeness (QED) is 0.868. The minimum atomic E-state index is -3.36. The fraction of sp³-hybridized carbons (Fsp3) is 0.500. The summed E-state index contributed by atoms with van der Waals surface area (Å²) in [4.78, 5) is 0.312. The van der Waals surface area contributed by atoms with E-state index >= 15 is 0 Å². The van der Waals surface area contributed by atoms with E-state index < -0.39 is 10.0 Å². The normalized spacial score (nSPS) is 20.6. The maximum absolute atomic E-state index is 11.9. The Labute approximate surface area is 102 Å². The van der Waals surface area contributed by atoms with Gasteiger partial charge in [-0.2, -0.15) is 0 Å². The molecule has 5 heteroatoms. The van der Waals surface area contributed by atoms with Crippen molar-refractivity contribution in [1.29, 1.82) is 0 Å². The number of hydrogen-bond donors (Lipinski definition) is 1. The zero-order chi connectivity index (χ0) is 12.1. The highest BCUT2D eigenvalue weighted by molar-refractivity contribution is 7.89. The summed E-state index contributed by atoms with van der Waals surface area (Å²) in [6.45, 7) is 1.23. The molecule has 0 bridgehead atoms. The Bertz CT molecular complexity index is 438. The number of benzene rings is 1. The van der Waals surface area contributed by atoms with Crippen LogP contribution in [0.2, 0.25) is 0 Å². The van der Waals surface area contributed by atoms with Gasteiger partial charge in [0.05, 0.1) is 11.0 Å². The second kappa shape index (κ2) is 5.62. The summed E-state index contributed by atoms with van der Waals surface area (Å²) in [5.41, 5.74) is 0. The molecule has 1 fully saturated rings. The lowest BCUT2D eigenvalue weighted by Gasteiger charge is -2.10. The molecule has 0 amide bonds. The van der Waals surface area contributed by atoms with Crippen LogP contribution in [0.15, 0.2) is 35.2 Å². The zero-order valence-electron chi connectivity index (χ0n) is 9.63. The van der Waals surface area contributed by atoms with Crippen molar-refractivity contribution in [3.63, 3.8) is 0 Å². The molecule has 94 valence electrons. The van der Waals surface area contributed by atoms with Crippen LogP contribution in [-0.2, 0) is 14.8 Å². The Morgan fingerprint density at radius 1 is 1.29 bits per heavy atom. The Hall–Kier alpha value is -0.910. The molecule has 0 aromatic heterocycles. The van der Waals surface area contributed by atoms with Gasteiger partial charge in [0.25, 0.3) is 0 Å². The predicted molar refractivity (Wildman–Crippen MR) is 65.2 cm³/mol. The lowest BCUT2D eigenvalue weighted by molar-refractivity contribution is 0.105. The van der Waals surface area contributed by atoms with Gasteiger partial charge in [0.2, 0.25) is 10.0 Å². The first-order valence-electron chi connectivity index (χ1n) is 5.85. The van der Waals surface area contributed by atoms with Crippen LogP contribution in [0, 0.1) is 0 Å². The van der Waals surface area contributed by atoms with Crippen molar-refractivity contribution in [2.24, 2.45) is 0 Å². The van der Waals surface area contributed by atoms with E-state index in [1.54, 1.807) is 30.3 Å². The third-order valence-corrected chi connectivity index (χ3v) is 4.31. The number of rotatable bonds is 5. The molecule has 2 rings (SSSR count). The van der Waals surface area contributed by atoms with Gasteiger partial charge >= 0.3 is 0 Å². The average Bonchev–Trinajstić information content (AvgIpc) is 2.83. The summed E-state index contributed by atoms with van der Waals surface area (Å²) in [6, 6.07) is 8.41. The van der Waals surface area contributed by atoms with Gasteiger partial charge in [0.1, 0.15) is 0 Å². The van der Waals surface area contributed by atoms with E-state index in [2.05, 4.69) is 4.72 Å². The van der Waals surface area contributed by atoms with Gasteiger partial charge in [0, 0.05) is 13.2 Å². The van der Waals surface area contributed by atoms with Crippen molar-refractivity contribution in [3.8, 4) is 0 Å². The molecule has 0 radical (unpaired) electrons. The fourth-order valence-corrected chi connectivity index (χ4v) is 2.98. The number of nitrogens with one attached hydrogen (secondary N) is 1. The van der Waals surface area contributed by atoms with Gasteiger partial charge in [-0.25, -0.2) is 13.1 Å². The van der Waals surface area contributed by atoms with E-state index in [4.69, 9.17) is 4.74 Å². The third-order valence-electron chi connectivity index (χ3n) is 2.84. The fourth-order valence-electron chi connectivity index (χ4n) is 1.91. The van der Waals surface area contributed by atoms with Crippen molar-refractivity contribution in [1.82, 2.24) is 4.72 Å². The van der Waals surface area contributed by atoms with Gasteiger partial charge < -0.3 is 4.74 Å². The van der Waals surface area contributed by atoms with Crippen molar-refractivity contribution in [2.75, 3.05) is 13.2 Å². The molecule has 1 N–H and O–H groups in total. The highest BCUT2D eigenvalue weighted by Gasteiger charge is 2.17. The first-order chi connectivity index (χ1) is 8.18. The molecule has 1 aromatic carbocycles. The summed E-state index contributed by atoms with van der Waals surface area (Å²) in [5, 5.41) is 0. The Morgan fingerprint density at radius 3 is 2.71 bits per heavy atom. The van der Waals surface area contributed by atoms with Crippen molar-refractivity contribution in [2.45, 2.75) is 30.3 Å². The highest BCUT2D eigenvalue weighted by Crippen LogP contribution is 2.15. The average molecular weight is 255 g/mol. The van der Waals surface area contributed by atoms with Crippen LogP contribution in [0.4, 0.5) is 0 Å². The maximum Gasteiger partial charge on any atom is 0.240 e. The van der Waals surface area contributed by atoms with Gasteiger partial charge in [-0.1, -0.05) is 18.2 Å². The number of hydrogen-bond acceptors (Lipinski definition) is 3. The van der Waals surface area contributed by atoms with E-state index in [0.717, 1.165) is 25.9 Å². The molecule has 1 saturated heterocycles. The Morgan fingerprint density at radius 2 is 2.06 bits per heavy atom. The monoisotopic (exact) mass is 255 g/mol. The molecule has 1 heterocycles. The first-order valence-corrected chi connectivity index (χ1v) is 7.33. The smallest absolute Gasteiger partial charge is 0.240 e. The van der Waals surface area contributed by atoms with E-state index in [1.807, 2.05) is 0 Å². The third kappa shape index (κ3) is 3.52. The summed E-state index contributed by atoms with van der Waals surface area (Å²) in [5.74, 6) is 0. The van der Waals surface area contributed by atoms with E-state index in [1.165, 1.54) is 0 Å². The highest BCUT2D eigenvalue weighted by atomic mass is 32.2. The molecule has 0 unspecified atom stereocenters. The van der Waals surface area contributed by atoms with E-state index in [9.17, 15) is 8.42 Å². The molecule has 17 heavy (non-hydrogen) atoms. The van der Waals surface area contributed by atoms with E-state index in [0.29, 0.717) is 11.4 Å². The molecular weight excluding hydrogens is 238 g/mol. The lowest BCUT2D eigenvalue weighted by Crippen LogP contribution is -2.27. The van der Waals surface area contributed by atoms with Gasteiger partial charge in [-0.3, -0.25) is 0 Å². The number of sulfonamides is 1. The molecule has 0 saturated carbocycles. The molecule has 1 atom stereocenters. The summed E-state index contributed by atoms with van der Waals surface area (Å²) >= 11 is 0. The summed E-state index contributed by atoms with van der Waals surface area (Å²) < 4.78 is 31.7. The molecule has 0 spiro atoms. The van der Waals surface area contributed by atoms with Crippen LogP contribution in [-0.4, -0.2) is 27.7 Å². The molecule has 4 nitrogen and oxygen atoms in total. The predicted octanol–water partition coefficient (Wildman–Crippen LogP) is 1.53. The SMILES string of the molecule is O=S(=O)(NCC[C@H]1CCCO1)c1ccccc1. The van der Waals surface area contributed by atoms with Gasteiger partial charge in [-0.15, -0.1) is 0 Å². The molecule has 0 aliphatic carbocycles. The van der Waals surface area contributed by atoms with Crippen LogP contribution in [0.25, 0.3) is 0 Å². The van der Waals surface area contributed by atoms with Crippen LogP contribution < -0.4 is 4.72 Å². The van der Waals surface area contributed by atoms with Crippen LogP contribution in [0.5, 0.6) is 0 Å². The first kappa shape index (κ1) is 12.5. The van der Waals surface area contributed by atoms with Crippen molar-refractivity contribution < 1.29 is 13.2 Å². The van der Waals surface area contributed by atoms with Crippen molar-refractivity contribution in [3.05, 3.63) is 30.3 Å². The van der Waals surface area contributed by atoms with Crippen LogP contribution in [0.3, 0.4) is 0 Å². The van der Waals surface area contributed by atoms with E-state index in [-0.39, 0.29) is 6.10 Å². The van der Waals surface area contributed by atoms with Crippen LogP contribution >= 0.6 is 0 Å². The Kier molecular flexibility index (Phi) is 4.15. The molecule has 1 aromatic rings. The summed E-state index contributed by atoms with van der Waals surface area (Å²) in [7, 11) is -3.36. The minimum absolute atomic E-state index is 0.216. The second-order valence-electron chi connectivity index (χ2n) is 4.13. The number of ether oxygens (including phenoxy) is 1. The zero-order valence-corrected chi connectivity index (χ0v) is 10.4.